The summed E-state index contributed by atoms with van der Waals surface area (Å²) in [5.41, 5.74) is 0.357. The summed E-state index contributed by atoms with van der Waals surface area (Å²) >= 11 is 11.4. The van der Waals surface area contributed by atoms with Crippen molar-refractivity contribution in [3.05, 3.63) is 51.9 Å². The van der Waals surface area contributed by atoms with Gasteiger partial charge in [0.15, 0.2) is 0 Å². The standard InChI is InChI=1S/C12H7Cl2NO4/c13-9-2-1-6(5-8(9)12(17)18)15-11(16)7-3-4-19-10(7)14/h1-5H,(H,15,16)(H,17,18). The summed E-state index contributed by atoms with van der Waals surface area (Å²) in [5, 5.41) is 11.5. The summed E-state index contributed by atoms with van der Waals surface area (Å²) < 4.78 is 4.79. The highest BCUT2D eigenvalue weighted by molar-refractivity contribution is 6.34. The Morgan fingerprint density at radius 3 is 2.47 bits per heavy atom. The van der Waals surface area contributed by atoms with E-state index in [0.717, 1.165) is 0 Å². The Kier molecular flexibility index (Phi) is 3.78. The number of amides is 1. The number of nitrogens with one attached hydrogen (secondary N) is 1. The topological polar surface area (TPSA) is 79.5 Å². The summed E-state index contributed by atoms with van der Waals surface area (Å²) in [6.45, 7) is 0. The average molecular weight is 300 g/mol. The minimum absolute atomic E-state index is 0.0371. The molecule has 0 saturated carbocycles. The van der Waals surface area contributed by atoms with Crippen LogP contribution in [0.25, 0.3) is 0 Å². The highest BCUT2D eigenvalue weighted by Gasteiger charge is 2.15. The van der Waals surface area contributed by atoms with Crippen LogP contribution in [0, 0.1) is 0 Å². The van der Waals surface area contributed by atoms with Crippen molar-refractivity contribution < 1.29 is 19.1 Å². The molecule has 0 aliphatic rings. The zero-order chi connectivity index (χ0) is 14.0. The first kappa shape index (κ1) is 13.5. The smallest absolute Gasteiger partial charge is 0.337 e. The van der Waals surface area contributed by atoms with E-state index in [4.69, 9.17) is 32.7 Å². The van der Waals surface area contributed by atoms with Gasteiger partial charge in [0.25, 0.3) is 5.91 Å². The number of aromatic carboxylic acids is 1. The molecule has 0 aliphatic heterocycles. The molecule has 0 aliphatic carbocycles. The average Bonchev–Trinajstić information content (AvgIpc) is 2.77. The van der Waals surface area contributed by atoms with Crippen molar-refractivity contribution in [2.24, 2.45) is 0 Å². The minimum Gasteiger partial charge on any atom is -0.478 e. The Labute approximate surface area is 117 Å². The molecule has 0 unspecified atom stereocenters. The molecule has 1 aromatic heterocycles. The SMILES string of the molecule is O=C(O)c1cc(NC(=O)c2ccoc2Cl)ccc1Cl. The molecule has 5 nitrogen and oxygen atoms in total. The number of carboxylic acid groups (broad SMARTS) is 1. The lowest BCUT2D eigenvalue weighted by atomic mass is 10.2. The molecule has 2 rings (SSSR count). The molecule has 0 atom stereocenters. The molecule has 0 bridgehead atoms. The van der Waals surface area contributed by atoms with E-state index in [-0.39, 0.29) is 21.4 Å². The van der Waals surface area contributed by atoms with Gasteiger partial charge >= 0.3 is 5.97 Å². The maximum Gasteiger partial charge on any atom is 0.337 e. The van der Waals surface area contributed by atoms with Gasteiger partial charge in [0.1, 0.15) is 0 Å². The predicted molar refractivity (Wildman–Crippen MR) is 70.1 cm³/mol. The van der Waals surface area contributed by atoms with Crippen LogP contribution in [-0.4, -0.2) is 17.0 Å². The van der Waals surface area contributed by atoms with E-state index in [9.17, 15) is 9.59 Å². The molecule has 1 aromatic carbocycles. The van der Waals surface area contributed by atoms with Gasteiger partial charge in [-0.05, 0) is 35.9 Å². The molecular formula is C12H7Cl2NO4. The fourth-order valence-electron chi connectivity index (χ4n) is 1.42. The van der Waals surface area contributed by atoms with E-state index >= 15 is 0 Å². The number of carboxylic acids is 1. The highest BCUT2D eigenvalue weighted by Crippen LogP contribution is 2.22. The summed E-state index contributed by atoms with van der Waals surface area (Å²) in [4.78, 5) is 22.7. The number of carbonyl (C=O) groups is 2. The summed E-state index contributed by atoms with van der Waals surface area (Å²) in [7, 11) is 0. The third-order valence-electron chi connectivity index (χ3n) is 2.32. The second kappa shape index (κ2) is 5.34. The maximum absolute atomic E-state index is 11.8. The first-order valence-corrected chi connectivity index (χ1v) is 5.82. The van der Waals surface area contributed by atoms with Crippen LogP contribution in [-0.2, 0) is 0 Å². The van der Waals surface area contributed by atoms with E-state index in [0.29, 0.717) is 5.69 Å². The molecule has 2 aromatic rings. The highest BCUT2D eigenvalue weighted by atomic mass is 35.5. The number of carbonyl (C=O) groups excluding carboxylic acids is 1. The molecule has 0 fully saturated rings. The lowest BCUT2D eigenvalue weighted by Crippen LogP contribution is -2.12. The Hall–Kier alpha value is -1.98. The summed E-state index contributed by atoms with van der Waals surface area (Å²) in [5.74, 6) is -1.68. The van der Waals surface area contributed by atoms with Gasteiger partial charge in [-0.1, -0.05) is 11.6 Å². The normalized spacial score (nSPS) is 10.2. The van der Waals surface area contributed by atoms with Crippen molar-refractivity contribution in [2.75, 3.05) is 5.32 Å². The van der Waals surface area contributed by atoms with Crippen LogP contribution in [0.4, 0.5) is 5.69 Å². The van der Waals surface area contributed by atoms with Gasteiger partial charge in [0.05, 0.1) is 22.4 Å². The van der Waals surface area contributed by atoms with Gasteiger partial charge in [0, 0.05) is 5.69 Å². The van der Waals surface area contributed by atoms with Crippen LogP contribution < -0.4 is 5.32 Å². The van der Waals surface area contributed by atoms with Gasteiger partial charge in [-0.2, -0.15) is 0 Å². The van der Waals surface area contributed by atoms with Gasteiger partial charge in [0.2, 0.25) is 5.22 Å². The fraction of sp³-hybridized carbons (Fsp3) is 0. The number of benzene rings is 1. The lowest BCUT2D eigenvalue weighted by Gasteiger charge is -2.06. The van der Waals surface area contributed by atoms with E-state index in [1.807, 2.05) is 0 Å². The minimum atomic E-state index is -1.18. The molecule has 0 radical (unpaired) electrons. The van der Waals surface area contributed by atoms with Crippen LogP contribution in [0.15, 0.2) is 34.9 Å². The van der Waals surface area contributed by atoms with Crippen LogP contribution in [0.2, 0.25) is 10.2 Å². The van der Waals surface area contributed by atoms with Gasteiger partial charge in [-0.3, -0.25) is 4.79 Å². The molecule has 98 valence electrons. The third kappa shape index (κ3) is 2.89. The Morgan fingerprint density at radius 1 is 1.16 bits per heavy atom. The number of hydrogen-bond acceptors (Lipinski definition) is 3. The number of furan rings is 1. The van der Waals surface area contributed by atoms with Crippen LogP contribution in [0.1, 0.15) is 20.7 Å². The molecule has 2 N–H and O–H groups in total. The quantitative estimate of drug-likeness (QED) is 0.908. The second-order valence-corrected chi connectivity index (χ2v) is 4.31. The maximum atomic E-state index is 11.8. The Balaban J connectivity index is 2.25. The molecule has 7 heteroatoms. The summed E-state index contributed by atoms with van der Waals surface area (Å²) in [6.07, 6.45) is 1.28. The molecule has 0 saturated heterocycles. The molecule has 0 spiro atoms. The molecular weight excluding hydrogens is 293 g/mol. The van der Waals surface area contributed by atoms with Crippen LogP contribution >= 0.6 is 23.2 Å². The molecule has 19 heavy (non-hydrogen) atoms. The lowest BCUT2D eigenvalue weighted by molar-refractivity contribution is 0.0696. The van der Waals surface area contributed by atoms with Crippen molar-refractivity contribution in [3.63, 3.8) is 0 Å². The van der Waals surface area contributed by atoms with Gasteiger partial charge < -0.3 is 14.8 Å². The number of rotatable bonds is 3. The first-order chi connectivity index (χ1) is 8.99. The van der Waals surface area contributed by atoms with E-state index in [2.05, 4.69) is 5.32 Å². The molecule has 1 amide bonds. The second-order valence-electron chi connectivity index (χ2n) is 3.56. The van der Waals surface area contributed by atoms with Crippen LogP contribution in [0.5, 0.6) is 0 Å². The zero-order valence-electron chi connectivity index (χ0n) is 9.31. The van der Waals surface area contributed by atoms with Crippen molar-refractivity contribution in [1.82, 2.24) is 0 Å². The number of anilines is 1. The van der Waals surface area contributed by atoms with E-state index < -0.39 is 11.9 Å². The Morgan fingerprint density at radius 2 is 1.89 bits per heavy atom. The van der Waals surface area contributed by atoms with E-state index in [1.54, 1.807) is 0 Å². The number of hydrogen-bond donors (Lipinski definition) is 2. The zero-order valence-corrected chi connectivity index (χ0v) is 10.8. The number of halogens is 2. The summed E-state index contributed by atoms with van der Waals surface area (Å²) in [6, 6.07) is 5.54. The monoisotopic (exact) mass is 299 g/mol. The molecule has 1 heterocycles. The largest absolute Gasteiger partial charge is 0.478 e. The van der Waals surface area contributed by atoms with Crippen LogP contribution in [0.3, 0.4) is 0 Å². The fourth-order valence-corrected chi connectivity index (χ4v) is 1.82. The van der Waals surface area contributed by atoms with Gasteiger partial charge in [-0.25, -0.2) is 4.79 Å². The van der Waals surface area contributed by atoms with Crippen molar-refractivity contribution in [1.29, 1.82) is 0 Å². The van der Waals surface area contributed by atoms with Gasteiger partial charge in [-0.15, -0.1) is 0 Å². The third-order valence-corrected chi connectivity index (χ3v) is 2.94. The van der Waals surface area contributed by atoms with E-state index in [1.165, 1.54) is 30.5 Å². The van der Waals surface area contributed by atoms with Crippen molar-refractivity contribution >= 4 is 40.8 Å². The van der Waals surface area contributed by atoms with Crippen molar-refractivity contribution in [2.45, 2.75) is 0 Å². The Bertz CT molecular complexity index is 651. The predicted octanol–water partition coefficient (Wildman–Crippen LogP) is 3.54. The van der Waals surface area contributed by atoms with Crippen molar-refractivity contribution in [3.8, 4) is 0 Å². The first-order valence-electron chi connectivity index (χ1n) is 5.06.